The monoisotopic (exact) mass is 219 g/mol. The van der Waals surface area contributed by atoms with E-state index < -0.39 is 0 Å². The van der Waals surface area contributed by atoms with Crippen molar-refractivity contribution >= 4 is 0 Å². The lowest BCUT2D eigenvalue weighted by Gasteiger charge is -2.11. The van der Waals surface area contributed by atoms with E-state index in [1.54, 1.807) is 0 Å². The predicted octanol–water partition coefficient (Wildman–Crippen LogP) is 3.84. The van der Waals surface area contributed by atoms with Crippen LogP contribution in [0.4, 0.5) is 0 Å². The molecule has 0 saturated heterocycles. The number of nitrogens with one attached hydrogen (secondary N) is 1. The third-order valence-corrected chi connectivity index (χ3v) is 2.93. The van der Waals surface area contributed by atoms with Gasteiger partial charge in [-0.3, -0.25) is 0 Å². The van der Waals surface area contributed by atoms with Crippen molar-refractivity contribution in [3.63, 3.8) is 0 Å². The summed E-state index contributed by atoms with van der Waals surface area (Å²) in [7, 11) is 0. The lowest BCUT2D eigenvalue weighted by Crippen LogP contribution is -2.21. The molecule has 1 nitrogen and oxygen atoms in total. The third kappa shape index (κ3) is 4.36. The van der Waals surface area contributed by atoms with Crippen LogP contribution in [0.5, 0.6) is 0 Å². The maximum absolute atomic E-state index is 3.46. The number of aryl methyl sites for hydroxylation is 2. The predicted molar refractivity (Wildman–Crippen MR) is 71.8 cm³/mol. The largest absolute Gasteiger partial charge is 0.310 e. The average Bonchev–Trinajstić information content (AvgIpc) is 2.26. The van der Waals surface area contributed by atoms with Crippen LogP contribution >= 0.6 is 0 Å². The third-order valence-electron chi connectivity index (χ3n) is 2.93. The molecule has 1 aromatic rings. The summed E-state index contributed by atoms with van der Waals surface area (Å²) in [5, 5.41) is 3.46. The Morgan fingerprint density at radius 1 is 1.25 bits per heavy atom. The summed E-state index contributed by atoms with van der Waals surface area (Å²) in [5.74, 6) is 0. The minimum Gasteiger partial charge on any atom is -0.310 e. The Morgan fingerprint density at radius 3 is 2.62 bits per heavy atom. The minimum absolute atomic E-state index is 0.556. The molecule has 0 heterocycles. The molecule has 0 fully saturated rings. The zero-order valence-corrected chi connectivity index (χ0v) is 11.1. The summed E-state index contributed by atoms with van der Waals surface area (Å²) >= 11 is 0. The zero-order valence-electron chi connectivity index (χ0n) is 11.1. The fourth-order valence-corrected chi connectivity index (χ4v) is 1.79. The van der Waals surface area contributed by atoms with E-state index in [2.05, 4.69) is 51.2 Å². The topological polar surface area (TPSA) is 12.0 Å². The Hall–Kier alpha value is -0.820. The smallest absolute Gasteiger partial charge is 0.0207 e. The number of hydrogen-bond acceptors (Lipinski definition) is 1. The molecule has 0 unspecified atom stereocenters. The van der Waals surface area contributed by atoms with Gasteiger partial charge in [0, 0.05) is 12.6 Å². The summed E-state index contributed by atoms with van der Waals surface area (Å²) in [6, 6.07) is 7.41. The molecule has 0 aliphatic carbocycles. The molecule has 1 heteroatoms. The highest BCUT2D eigenvalue weighted by molar-refractivity contribution is 5.31. The standard InChI is InChI=1S/C15H25N/c1-5-6-7-15-10-14(9-8-13(15)4)11-16-12(2)3/h8-10,12,16H,5-7,11H2,1-4H3. The van der Waals surface area contributed by atoms with Gasteiger partial charge in [-0.1, -0.05) is 45.4 Å². The molecular weight excluding hydrogens is 194 g/mol. The van der Waals surface area contributed by atoms with Crippen molar-refractivity contribution in [2.45, 2.75) is 59.5 Å². The van der Waals surface area contributed by atoms with Crippen molar-refractivity contribution in [2.75, 3.05) is 0 Å². The molecular formula is C15H25N. The first kappa shape index (κ1) is 13.2. The summed E-state index contributed by atoms with van der Waals surface area (Å²) in [6.45, 7) is 9.82. The van der Waals surface area contributed by atoms with E-state index in [1.165, 1.54) is 36.0 Å². The van der Waals surface area contributed by atoms with Gasteiger partial charge in [-0.2, -0.15) is 0 Å². The fraction of sp³-hybridized carbons (Fsp3) is 0.600. The highest BCUT2D eigenvalue weighted by Gasteiger charge is 2.01. The quantitative estimate of drug-likeness (QED) is 0.766. The van der Waals surface area contributed by atoms with Gasteiger partial charge < -0.3 is 5.32 Å². The second-order valence-electron chi connectivity index (χ2n) is 4.90. The Morgan fingerprint density at radius 2 is 2.00 bits per heavy atom. The van der Waals surface area contributed by atoms with E-state index in [1.807, 2.05) is 0 Å². The first-order valence-corrected chi connectivity index (χ1v) is 6.45. The molecule has 0 radical (unpaired) electrons. The molecule has 1 rings (SSSR count). The van der Waals surface area contributed by atoms with E-state index in [4.69, 9.17) is 0 Å². The van der Waals surface area contributed by atoms with Gasteiger partial charge in [0.15, 0.2) is 0 Å². The van der Waals surface area contributed by atoms with Gasteiger partial charge >= 0.3 is 0 Å². The second-order valence-corrected chi connectivity index (χ2v) is 4.90. The van der Waals surface area contributed by atoms with E-state index in [-0.39, 0.29) is 0 Å². The molecule has 1 aromatic carbocycles. The minimum atomic E-state index is 0.556. The Bertz CT molecular complexity index is 315. The highest BCUT2D eigenvalue weighted by atomic mass is 14.9. The van der Waals surface area contributed by atoms with Crippen molar-refractivity contribution in [1.82, 2.24) is 5.32 Å². The average molecular weight is 219 g/mol. The Balaban J connectivity index is 2.65. The SMILES string of the molecule is CCCCc1cc(CNC(C)C)ccc1C. The first-order chi connectivity index (χ1) is 7.63. The number of benzene rings is 1. The van der Waals surface area contributed by atoms with Gasteiger partial charge in [0.1, 0.15) is 0 Å². The van der Waals surface area contributed by atoms with Gasteiger partial charge in [0.2, 0.25) is 0 Å². The van der Waals surface area contributed by atoms with Gasteiger partial charge in [0.25, 0.3) is 0 Å². The first-order valence-electron chi connectivity index (χ1n) is 6.45. The van der Waals surface area contributed by atoms with Gasteiger partial charge in [-0.05, 0) is 36.5 Å². The maximum Gasteiger partial charge on any atom is 0.0207 e. The molecule has 0 amide bonds. The molecule has 0 aliphatic heterocycles. The molecule has 0 saturated carbocycles. The van der Waals surface area contributed by atoms with Crippen LogP contribution in [0, 0.1) is 6.92 Å². The van der Waals surface area contributed by atoms with Crippen molar-refractivity contribution < 1.29 is 0 Å². The van der Waals surface area contributed by atoms with Crippen LogP contribution in [0.3, 0.4) is 0 Å². The number of unbranched alkanes of at least 4 members (excludes halogenated alkanes) is 1. The van der Waals surface area contributed by atoms with Crippen LogP contribution in [0.1, 0.15) is 50.3 Å². The number of hydrogen-bond donors (Lipinski definition) is 1. The summed E-state index contributed by atoms with van der Waals surface area (Å²) in [4.78, 5) is 0. The molecule has 0 aromatic heterocycles. The molecule has 90 valence electrons. The maximum atomic E-state index is 3.46. The van der Waals surface area contributed by atoms with Crippen molar-refractivity contribution in [3.8, 4) is 0 Å². The molecule has 0 bridgehead atoms. The van der Waals surface area contributed by atoms with Crippen LogP contribution < -0.4 is 5.32 Å². The van der Waals surface area contributed by atoms with Crippen molar-refractivity contribution in [3.05, 3.63) is 34.9 Å². The lowest BCUT2D eigenvalue weighted by molar-refractivity contribution is 0.588. The van der Waals surface area contributed by atoms with E-state index in [0.29, 0.717) is 6.04 Å². The van der Waals surface area contributed by atoms with Crippen LogP contribution in [0.25, 0.3) is 0 Å². The van der Waals surface area contributed by atoms with Crippen LogP contribution in [-0.2, 0) is 13.0 Å². The Kier molecular flexibility index (Phi) is 5.54. The summed E-state index contributed by atoms with van der Waals surface area (Å²) in [6.07, 6.45) is 3.79. The molecule has 16 heavy (non-hydrogen) atoms. The van der Waals surface area contributed by atoms with Crippen LogP contribution in [0.2, 0.25) is 0 Å². The van der Waals surface area contributed by atoms with Crippen molar-refractivity contribution in [2.24, 2.45) is 0 Å². The fourth-order valence-electron chi connectivity index (χ4n) is 1.79. The van der Waals surface area contributed by atoms with E-state index in [0.717, 1.165) is 6.54 Å². The van der Waals surface area contributed by atoms with E-state index in [9.17, 15) is 0 Å². The second kappa shape index (κ2) is 6.70. The van der Waals surface area contributed by atoms with Crippen molar-refractivity contribution in [1.29, 1.82) is 0 Å². The van der Waals surface area contributed by atoms with Gasteiger partial charge in [-0.25, -0.2) is 0 Å². The molecule has 0 aliphatic rings. The van der Waals surface area contributed by atoms with Crippen LogP contribution in [-0.4, -0.2) is 6.04 Å². The zero-order chi connectivity index (χ0) is 12.0. The molecule has 0 atom stereocenters. The van der Waals surface area contributed by atoms with Gasteiger partial charge in [-0.15, -0.1) is 0 Å². The number of rotatable bonds is 6. The van der Waals surface area contributed by atoms with Crippen LogP contribution in [0.15, 0.2) is 18.2 Å². The highest BCUT2D eigenvalue weighted by Crippen LogP contribution is 2.14. The van der Waals surface area contributed by atoms with Gasteiger partial charge in [0.05, 0.1) is 0 Å². The van der Waals surface area contributed by atoms with E-state index >= 15 is 0 Å². The summed E-state index contributed by atoms with van der Waals surface area (Å²) < 4.78 is 0. The lowest BCUT2D eigenvalue weighted by atomic mass is 10.00. The Labute approximate surface area is 100 Å². The molecule has 1 N–H and O–H groups in total. The molecule has 0 spiro atoms. The summed E-state index contributed by atoms with van der Waals surface area (Å²) in [5.41, 5.74) is 4.36. The normalized spacial score (nSPS) is 11.1.